The lowest BCUT2D eigenvalue weighted by atomic mass is 9.49. The molecular formula is C106H146I6O13. The summed E-state index contributed by atoms with van der Waals surface area (Å²) in [6, 6.07) is 65.2. The van der Waals surface area contributed by atoms with Gasteiger partial charge in [0.25, 0.3) is 136 Å². The van der Waals surface area contributed by atoms with Gasteiger partial charge >= 0.3 is 5.97 Å². The number of carbonyl (C=O) groups excluding carboxylic acids is 5. The molecule has 0 unspecified atom stereocenters. The smallest absolute Gasteiger partial charge is 0.335 e. The van der Waals surface area contributed by atoms with E-state index in [2.05, 4.69) is 406 Å². The zero-order valence-electron chi connectivity index (χ0n) is 78.2. The van der Waals surface area contributed by atoms with Crippen molar-refractivity contribution in [2.45, 2.75) is 306 Å². The third kappa shape index (κ3) is 46.4. The van der Waals surface area contributed by atoms with Crippen molar-refractivity contribution in [3.63, 3.8) is 0 Å². The molecule has 19 heteroatoms. The number of carboxylic acids is 6. The molecule has 125 heavy (non-hydrogen) atoms. The number of hydrogen-bond donors (Lipinski definition) is 1. The predicted octanol–water partition coefficient (Wildman–Crippen LogP) is -0.255. The number of unbranched alkanes of at least 4 members (excludes halogenated alkanes) is 1. The van der Waals surface area contributed by atoms with Crippen LogP contribution >= 0.6 is 0 Å². The Bertz CT molecular complexity index is 3930. The molecular weight excluding hydrogens is 2240 g/mol. The highest BCUT2D eigenvalue weighted by atomic mass is 127. The monoisotopic (exact) mass is 2390 g/mol. The zero-order chi connectivity index (χ0) is 95.3. The van der Waals surface area contributed by atoms with Gasteiger partial charge in [-0.2, -0.15) is 0 Å². The molecule has 4 bridgehead atoms. The molecule has 0 heterocycles. The minimum Gasteiger partial charge on any atom is -0.872 e. The van der Waals surface area contributed by atoms with E-state index >= 15 is 0 Å². The Morgan fingerprint density at radius 3 is 0.800 bits per heavy atom. The van der Waals surface area contributed by atoms with Crippen LogP contribution < -0.4 is 166 Å². The van der Waals surface area contributed by atoms with Crippen molar-refractivity contribution >= 4 is 35.8 Å². The van der Waals surface area contributed by atoms with Crippen molar-refractivity contribution in [1.82, 2.24) is 0 Å². The maximum Gasteiger partial charge on any atom is 0.335 e. The predicted molar refractivity (Wildman–Crippen MR) is 480 cm³/mol. The molecule has 5 aliphatic rings. The van der Waals surface area contributed by atoms with Crippen LogP contribution in [-0.4, -0.2) is 40.9 Å². The fourth-order valence-electron chi connectivity index (χ4n) is 14.0. The number of para-hydroxylation sites is 1. The first-order valence-corrected chi connectivity index (χ1v) is 51.0. The molecule has 13 nitrogen and oxygen atoms in total. The van der Waals surface area contributed by atoms with Crippen molar-refractivity contribution in [3.8, 4) is 5.75 Å². The number of carboxylic acid groups (broad SMARTS) is 6. The minimum atomic E-state index is -1.18. The highest BCUT2D eigenvalue weighted by Crippen LogP contribution is 2.59. The summed E-state index contributed by atoms with van der Waals surface area (Å²) in [5.41, 5.74) is 11.3. The highest BCUT2D eigenvalue weighted by molar-refractivity contribution is 5.90. The Hall–Kier alpha value is -5.24. The molecule has 690 valence electrons. The Labute approximate surface area is 833 Å². The number of aromatic carboxylic acids is 2. The van der Waals surface area contributed by atoms with Crippen molar-refractivity contribution in [2.75, 3.05) is 0 Å². The first kappa shape index (κ1) is 118. The van der Waals surface area contributed by atoms with E-state index in [-0.39, 0.29) is 23.5 Å². The van der Waals surface area contributed by atoms with Gasteiger partial charge in [-0.1, -0.05) is 284 Å². The van der Waals surface area contributed by atoms with Crippen molar-refractivity contribution in [1.29, 1.82) is 0 Å². The van der Waals surface area contributed by atoms with E-state index in [9.17, 15) is 49.5 Å². The molecule has 8 aromatic rings. The molecule has 1 N–H and O–H groups in total. The van der Waals surface area contributed by atoms with Crippen molar-refractivity contribution < 1.29 is 200 Å². The SMILES string of the molecule is CC(=O)[O-].CCC(C)(C)c1ccc([IH+])cc1.CCC(C)(C)c1ccc([IH+])cc1.CCC(C)(C)c1ccc([IH+])cc1.CCC(C)(C)c1ccc([IH+])cc1.CCC(C)(C)c1ccc([IH+])cc1.CCC(C)(C)c1ccc([IH+])cc1.CCCCC(=O)[O-].Cc1ccc(C(=O)[O-])cc1.O=C(O)c1ccccc1[O-].O=C([O-])C12CC3CC(CC(C3)C1)C2.O=C([O-])C1CCCCC1. The van der Waals surface area contributed by atoms with E-state index in [1.807, 2.05) is 13.8 Å². The second kappa shape index (κ2) is 59.2. The van der Waals surface area contributed by atoms with Crippen molar-refractivity contribution in [2.24, 2.45) is 29.1 Å². The maximum absolute atomic E-state index is 11.1. The molecule has 5 fully saturated rings. The molecule has 5 saturated carbocycles. The summed E-state index contributed by atoms with van der Waals surface area (Å²) >= 11 is 12.3. The molecule has 0 aromatic heterocycles. The van der Waals surface area contributed by atoms with Crippen molar-refractivity contribution in [3.05, 3.63) is 266 Å². The fraction of sp³-hybridized carbons (Fsp3) is 0.491. The summed E-state index contributed by atoms with van der Waals surface area (Å²) in [6.07, 6.45) is 20.7. The third-order valence-corrected chi connectivity index (χ3v) is 29.3. The van der Waals surface area contributed by atoms with E-state index in [4.69, 9.17) is 15.0 Å². The molecule has 0 spiro atoms. The molecule has 0 aliphatic heterocycles. The van der Waals surface area contributed by atoms with Gasteiger partial charge in [0, 0.05) is 29.3 Å². The number of rotatable bonds is 19. The van der Waals surface area contributed by atoms with Gasteiger partial charge in [0.1, 0.15) is 0 Å². The number of halogens is 6. The van der Waals surface area contributed by atoms with E-state index in [1.165, 1.54) is 155 Å². The molecule has 0 saturated heterocycles. The van der Waals surface area contributed by atoms with Crippen LogP contribution in [0.25, 0.3) is 0 Å². The summed E-state index contributed by atoms with van der Waals surface area (Å²) in [6.45, 7) is 45.7. The van der Waals surface area contributed by atoms with E-state index in [1.54, 1.807) is 12.1 Å². The summed E-state index contributed by atoms with van der Waals surface area (Å²) in [7, 11) is 0. The van der Waals surface area contributed by atoms with Crippen LogP contribution in [0.15, 0.2) is 194 Å². The van der Waals surface area contributed by atoms with E-state index in [0.29, 0.717) is 50.2 Å². The maximum atomic E-state index is 11.1. The van der Waals surface area contributed by atoms with Gasteiger partial charge in [0.2, 0.25) is 0 Å². The van der Waals surface area contributed by atoms with Gasteiger partial charge in [-0.05, 0) is 291 Å². The third-order valence-electron chi connectivity index (χ3n) is 24.7. The van der Waals surface area contributed by atoms with Gasteiger partial charge in [0.15, 0.2) is 21.4 Å². The van der Waals surface area contributed by atoms with Crippen LogP contribution in [0, 0.1) is 57.4 Å². The van der Waals surface area contributed by atoms with Gasteiger partial charge in [-0.25, -0.2) is 4.79 Å². The lowest BCUT2D eigenvalue weighted by Crippen LogP contribution is -3.34. The van der Waals surface area contributed by atoms with E-state index in [0.717, 1.165) is 70.3 Å². The lowest BCUT2D eigenvalue weighted by Gasteiger charge is -2.57. The molecule has 5 aliphatic carbocycles. The summed E-state index contributed by atoms with van der Waals surface area (Å²) in [5.74, 6) is -4.39. The van der Waals surface area contributed by atoms with Gasteiger partial charge in [-0.15, -0.1) is 0 Å². The topological polar surface area (TPSA) is 261 Å². The Balaban J connectivity index is 0.000000686. The lowest BCUT2D eigenvalue weighted by molar-refractivity contribution is -0.328. The number of aliphatic carboxylic acids is 4. The van der Waals surface area contributed by atoms with Gasteiger partial charge in [-0.3, -0.25) is 0 Å². The largest absolute Gasteiger partial charge is 0.872 e. The molecule has 13 rings (SSSR count). The van der Waals surface area contributed by atoms with E-state index < -0.39 is 47.0 Å². The molecule has 0 atom stereocenters. The summed E-state index contributed by atoms with van der Waals surface area (Å²) in [5, 5.41) is 69.2. The minimum absolute atomic E-state index is 0.140. The Kier molecular flexibility index (Phi) is 55.8. The van der Waals surface area contributed by atoms with Crippen LogP contribution in [0.5, 0.6) is 5.75 Å². The number of aryl methyl sites for hydroxylation is 1. The van der Waals surface area contributed by atoms with Crippen LogP contribution in [0.2, 0.25) is 0 Å². The molecule has 8 aromatic carbocycles. The van der Waals surface area contributed by atoms with Crippen LogP contribution in [0.4, 0.5) is 0 Å². The quantitative estimate of drug-likeness (QED) is 0.103. The second-order valence-electron chi connectivity index (χ2n) is 36.6. The van der Waals surface area contributed by atoms with Gasteiger partial charge in [0.05, 0.1) is 11.5 Å². The fourth-order valence-corrected chi connectivity index (χ4v) is 16.3. The highest BCUT2D eigenvalue weighted by Gasteiger charge is 2.51. The van der Waals surface area contributed by atoms with Crippen LogP contribution in [0.1, 0.15) is 327 Å². The normalized spacial score (nSPS) is 15.9. The summed E-state index contributed by atoms with van der Waals surface area (Å²) < 4.78 is 8.09. The number of hydrogen-bond acceptors (Lipinski definition) is 12. The molecule has 0 amide bonds. The average Bonchev–Trinajstić information content (AvgIpc) is 0.743. The standard InChI is InChI=1S/6C11H16I.C11H16O2.C8H8O2.C7H6O3.C7H12O2.C5H10O2.C2H4O2/c6*1-4-11(2,3)9-5-7-10(12)8-6-9;12-10(13)11-4-7-1-8(5-11)3-9(2-7)6-11;1-6-2-4-7(5-3-6)8(9)10;8-6-4-2-1-3-5(6)7(9)10;8-7(9)6-4-2-1-3-5-6;1-2-3-4-5(6)7;1-2(3)4/h6*5-8,12H,4H2,1-3H3;7-9H,1-6H2,(H,12,13);2-5H,1H3,(H,9,10);1-4,8H,(H,9,10);6H,1-5H2,(H,8,9);2-4H2,1H3,(H,6,7);1H3,(H,3,4)/q6*+1;;;;;;/p-6. The Morgan fingerprint density at radius 2 is 0.632 bits per heavy atom. The zero-order valence-corrected chi connectivity index (χ0v) is 92.2. The average molecular weight is 2390 g/mol. The summed E-state index contributed by atoms with van der Waals surface area (Å²) in [4.78, 5) is 60.3. The van der Waals surface area contributed by atoms with Crippen LogP contribution in [0.3, 0.4) is 0 Å². The molecule has 0 radical (unpaired) electrons. The van der Waals surface area contributed by atoms with Gasteiger partial charge < -0.3 is 59.7 Å². The number of benzene rings is 8. The van der Waals surface area contributed by atoms with Crippen LogP contribution in [-0.2, 0) is 51.7 Å². The second-order valence-corrected chi connectivity index (χ2v) is 44.7. The first-order valence-electron chi connectivity index (χ1n) is 44.0. The Morgan fingerprint density at radius 1 is 0.384 bits per heavy atom. The number of carbonyl (C=O) groups is 6. The first-order chi connectivity index (χ1) is 58.3.